The van der Waals surface area contributed by atoms with Crippen molar-refractivity contribution < 1.29 is 4.79 Å². The first-order valence-corrected chi connectivity index (χ1v) is 4.66. The van der Waals surface area contributed by atoms with E-state index in [1.165, 1.54) is 0 Å². The zero-order valence-electron chi connectivity index (χ0n) is 9.16. The first-order valence-electron chi connectivity index (χ1n) is 4.66. The summed E-state index contributed by atoms with van der Waals surface area (Å²) in [5.74, 6) is 0.214. The van der Waals surface area contributed by atoms with E-state index in [9.17, 15) is 4.79 Å². The largest absolute Gasteiger partial charge is 0.300 e. The Morgan fingerprint density at radius 3 is 1.93 bits per heavy atom. The van der Waals surface area contributed by atoms with Crippen molar-refractivity contribution in [3.8, 4) is 12.8 Å². The Labute approximate surface area is 87.2 Å². The summed E-state index contributed by atoms with van der Waals surface area (Å²) >= 11 is 0. The Balaban J connectivity index is 0. The molecule has 0 atom stereocenters. The van der Waals surface area contributed by atoms with Crippen LogP contribution in [0.15, 0.2) is 30.3 Å². The third-order valence-corrected chi connectivity index (χ3v) is 1.30. The minimum atomic E-state index is 0.214. The number of carbonyl (C=O) groups is 1. The fourth-order valence-corrected chi connectivity index (χ4v) is 0.883. The Kier molecular flexibility index (Phi) is 12.2. The molecule has 0 saturated carbocycles. The molecule has 0 radical (unpaired) electrons. The topological polar surface area (TPSA) is 17.1 Å². The third-order valence-electron chi connectivity index (χ3n) is 1.30. The molecule has 0 saturated heterocycles. The number of Topliss-reactive ketones (excluding diaryl/α,β-unsaturated/α-hetero) is 1. The van der Waals surface area contributed by atoms with Gasteiger partial charge in [-0.05, 0) is 12.5 Å². The highest BCUT2D eigenvalue weighted by Crippen LogP contribution is 1.98. The molecular formula is C13H18O. The van der Waals surface area contributed by atoms with Crippen LogP contribution in [0.3, 0.4) is 0 Å². The molecule has 1 aromatic carbocycles. The lowest BCUT2D eigenvalue weighted by molar-refractivity contribution is -0.116. The van der Waals surface area contributed by atoms with E-state index in [1.807, 2.05) is 44.2 Å². The van der Waals surface area contributed by atoms with Crippen LogP contribution in [0.25, 0.3) is 0 Å². The van der Waals surface area contributed by atoms with Crippen LogP contribution >= 0.6 is 0 Å². The van der Waals surface area contributed by atoms with Crippen LogP contribution in [-0.2, 0) is 11.2 Å². The second kappa shape index (κ2) is 11.4. The van der Waals surface area contributed by atoms with Crippen molar-refractivity contribution in [2.24, 2.45) is 0 Å². The van der Waals surface area contributed by atoms with Gasteiger partial charge in [0.1, 0.15) is 5.78 Å². The zero-order chi connectivity index (χ0) is 11.4. The van der Waals surface area contributed by atoms with Crippen molar-refractivity contribution in [1.29, 1.82) is 0 Å². The maximum Gasteiger partial charge on any atom is 0.134 e. The summed E-state index contributed by atoms with van der Waals surface area (Å²) in [5.41, 5.74) is 1.09. The predicted molar refractivity (Wildman–Crippen MR) is 62.1 cm³/mol. The van der Waals surface area contributed by atoms with Crippen molar-refractivity contribution in [1.82, 2.24) is 0 Å². The number of hydrogen-bond acceptors (Lipinski definition) is 1. The zero-order valence-corrected chi connectivity index (χ0v) is 9.16. The molecule has 14 heavy (non-hydrogen) atoms. The van der Waals surface area contributed by atoms with Gasteiger partial charge in [-0.1, -0.05) is 44.2 Å². The van der Waals surface area contributed by atoms with Crippen LogP contribution in [0.5, 0.6) is 0 Å². The van der Waals surface area contributed by atoms with Crippen LogP contribution in [0.4, 0.5) is 0 Å². The quantitative estimate of drug-likeness (QED) is 0.655. The third kappa shape index (κ3) is 8.55. The van der Waals surface area contributed by atoms with Gasteiger partial charge in [-0.15, -0.1) is 12.8 Å². The van der Waals surface area contributed by atoms with Crippen LogP contribution < -0.4 is 0 Å². The molecule has 1 rings (SSSR count). The van der Waals surface area contributed by atoms with Crippen LogP contribution in [-0.4, -0.2) is 5.78 Å². The maximum absolute atomic E-state index is 10.6. The monoisotopic (exact) mass is 190 g/mol. The van der Waals surface area contributed by atoms with E-state index in [2.05, 4.69) is 12.8 Å². The van der Waals surface area contributed by atoms with Gasteiger partial charge in [0, 0.05) is 6.42 Å². The molecule has 0 bridgehead atoms. The Bertz CT molecular complexity index is 246. The van der Waals surface area contributed by atoms with E-state index in [-0.39, 0.29) is 5.78 Å². The molecular weight excluding hydrogens is 172 g/mol. The summed E-state index contributed by atoms with van der Waals surface area (Å²) < 4.78 is 0. The number of ketones is 1. The van der Waals surface area contributed by atoms with E-state index in [4.69, 9.17) is 0 Å². The summed E-state index contributed by atoms with van der Waals surface area (Å²) in [5, 5.41) is 0. The van der Waals surface area contributed by atoms with Crippen molar-refractivity contribution in [3.63, 3.8) is 0 Å². The minimum absolute atomic E-state index is 0.214. The van der Waals surface area contributed by atoms with Crippen LogP contribution in [0, 0.1) is 12.8 Å². The summed E-state index contributed by atoms with van der Waals surface area (Å²) in [6.45, 7) is 5.60. The van der Waals surface area contributed by atoms with Crippen LogP contribution in [0.1, 0.15) is 26.3 Å². The summed E-state index contributed by atoms with van der Waals surface area (Å²) in [7, 11) is 0. The smallest absolute Gasteiger partial charge is 0.134 e. The summed E-state index contributed by atoms with van der Waals surface area (Å²) in [6.07, 6.45) is 8.56. The Morgan fingerprint density at radius 1 is 1.14 bits per heavy atom. The molecule has 0 heterocycles. The molecule has 0 aliphatic heterocycles. The lowest BCUT2D eigenvalue weighted by atomic mass is 10.1. The number of hydrogen-bond donors (Lipinski definition) is 0. The van der Waals surface area contributed by atoms with Gasteiger partial charge in [0.05, 0.1) is 0 Å². The van der Waals surface area contributed by atoms with Crippen LogP contribution in [0.2, 0.25) is 0 Å². The van der Waals surface area contributed by atoms with Crippen molar-refractivity contribution in [2.45, 2.75) is 27.2 Å². The highest BCUT2D eigenvalue weighted by molar-refractivity contribution is 5.78. The normalized spacial score (nSPS) is 7.21. The van der Waals surface area contributed by atoms with Crippen molar-refractivity contribution in [2.75, 3.05) is 0 Å². The molecule has 0 fully saturated rings. The highest BCUT2D eigenvalue weighted by Gasteiger charge is 1.93. The fourth-order valence-electron chi connectivity index (χ4n) is 0.883. The maximum atomic E-state index is 10.6. The molecule has 0 unspecified atom stereocenters. The number of benzene rings is 1. The first kappa shape index (κ1) is 14.9. The molecule has 1 aromatic rings. The molecule has 0 spiro atoms. The minimum Gasteiger partial charge on any atom is -0.300 e. The number of terminal acetylenes is 1. The van der Waals surface area contributed by atoms with Gasteiger partial charge in [0.15, 0.2) is 0 Å². The molecule has 1 heteroatoms. The summed E-state index contributed by atoms with van der Waals surface area (Å²) in [6, 6.07) is 9.75. The van der Waals surface area contributed by atoms with Gasteiger partial charge in [0.25, 0.3) is 0 Å². The number of carbonyl (C=O) groups excluding carboxylic acids is 1. The van der Waals surface area contributed by atoms with Gasteiger partial charge < -0.3 is 0 Å². The average molecular weight is 190 g/mol. The summed E-state index contributed by atoms with van der Waals surface area (Å²) in [4.78, 5) is 10.6. The molecule has 0 N–H and O–H groups in total. The lowest BCUT2D eigenvalue weighted by Crippen LogP contribution is -1.94. The highest BCUT2D eigenvalue weighted by atomic mass is 16.1. The van der Waals surface area contributed by atoms with E-state index < -0.39 is 0 Å². The van der Waals surface area contributed by atoms with E-state index >= 15 is 0 Å². The molecule has 1 nitrogen and oxygen atoms in total. The molecule has 0 aromatic heterocycles. The fraction of sp³-hybridized carbons (Fsp3) is 0.308. The average Bonchev–Trinajstić information content (AvgIpc) is 2.24. The van der Waals surface area contributed by atoms with Crippen molar-refractivity contribution >= 4 is 5.78 Å². The molecule has 0 aliphatic rings. The van der Waals surface area contributed by atoms with E-state index in [1.54, 1.807) is 6.92 Å². The predicted octanol–water partition coefficient (Wildman–Crippen LogP) is 3.09. The SMILES string of the molecule is C#C.CC.CC(=O)Cc1ccccc1. The second-order valence-corrected chi connectivity index (χ2v) is 2.36. The second-order valence-electron chi connectivity index (χ2n) is 2.36. The van der Waals surface area contributed by atoms with Gasteiger partial charge in [-0.3, -0.25) is 4.79 Å². The van der Waals surface area contributed by atoms with Gasteiger partial charge in [-0.25, -0.2) is 0 Å². The standard InChI is InChI=1S/C9H10O.C2H6.C2H2/c1-8(10)7-9-5-3-2-4-6-9;2*1-2/h2-6H,7H2,1H3;1-2H3;1-2H. The molecule has 0 amide bonds. The van der Waals surface area contributed by atoms with Gasteiger partial charge in [0.2, 0.25) is 0 Å². The van der Waals surface area contributed by atoms with E-state index in [0.29, 0.717) is 6.42 Å². The molecule has 76 valence electrons. The first-order chi connectivity index (χ1) is 6.79. The Morgan fingerprint density at radius 2 is 1.57 bits per heavy atom. The van der Waals surface area contributed by atoms with E-state index in [0.717, 1.165) is 5.56 Å². The van der Waals surface area contributed by atoms with Gasteiger partial charge in [-0.2, -0.15) is 0 Å². The Hall–Kier alpha value is -1.55. The van der Waals surface area contributed by atoms with Crippen molar-refractivity contribution in [3.05, 3.63) is 35.9 Å². The number of rotatable bonds is 2. The lowest BCUT2D eigenvalue weighted by Gasteiger charge is -1.93. The molecule has 0 aliphatic carbocycles. The van der Waals surface area contributed by atoms with Gasteiger partial charge >= 0.3 is 0 Å².